The van der Waals surface area contributed by atoms with Gasteiger partial charge in [-0.1, -0.05) is 29.8 Å². The maximum absolute atomic E-state index is 6.23. The van der Waals surface area contributed by atoms with Gasteiger partial charge >= 0.3 is 0 Å². The van der Waals surface area contributed by atoms with Gasteiger partial charge in [0.05, 0.1) is 13.2 Å². The molecule has 1 fully saturated rings. The van der Waals surface area contributed by atoms with Crippen molar-refractivity contribution in [2.75, 3.05) is 30.3 Å². The first-order chi connectivity index (χ1) is 9.75. The van der Waals surface area contributed by atoms with Gasteiger partial charge in [0, 0.05) is 29.5 Å². The molecule has 0 amide bonds. The molecule has 2 heterocycles. The zero-order valence-electron chi connectivity index (χ0n) is 10.9. The van der Waals surface area contributed by atoms with E-state index < -0.39 is 0 Å². The molecular formula is C14H15ClN4O. The molecule has 1 aromatic heterocycles. The van der Waals surface area contributed by atoms with E-state index in [1.807, 2.05) is 24.3 Å². The highest BCUT2D eigenvalue weighted by molar-refractivity contribution is 6.31. The SMILES string of the molecule is Nc1nccnc1N1CCO[C@@H](c2ccccc2Cl)C1. The molecule has 6 heteroatoms. The number of anilines is 2. The van der Waals surface area contributed by atoms with Crippen LogP contribution in [0.2, 0.25) is 5.02 Å². The van der Waals surface area contributed by atoms with Gasteiger partial charge in [-0.25, -0.2) is 9.97 Å². The van der Waals surface area contributed by atoms with E-state index in [-0.39, 0.29) is 6.10 Å². The second kappa shape index (κ2) is 5.64. The van der Waals surface area contributed by atoms with Crippen molar-refractivity contribution in [3.05, 3.63) is 47.2 Å². The van der Waals surface area contributed by atoms with E-state index in [1.54, 1.807) is 12.4 Å². The fourth-order valence-electron chi connectivity index (χ4n) is 2.35. The van der Waals surface area contributed by atoms with E-state index in [9.17, 15) is 0 Å². The smallest absolute Gasteiger partial charge is 0.171 e. The minimum atomic E-state index is -0.0844. The topological polar surface area (TPSA) is 64.3 Å². The fraction of sp³-hybridized carbons (Fsp3) is 0.286. The number of morpholine rings is 1. The predicted molar refractivity (Wildman–Crippen MR) is 78.8 cm³/mol. The number of hydrogen-bond donors (Lipinski definition) is 1. The molecule has 2 aromatic rings. The van der Waals surface area contributed by atoms with Crippen molar-refractivity contribution in [1.29, 1.82) is 0 Å². The summed E-state index contributed by atoms with van der Waals surface area (Å²) >= 11 is 6.23. The molecule has 1 aliphatic rings. The van der Waals surface area contributed by atoms with Crippen LogP contribution in [0.3, 0.4) is 0 Å². The maximum Gasteiger partial charge on any atom is 0.171 e. The molecule has 0 aliphatic carbocycles. The van der Waals surface area contributed by atoms with Gasteiger partial charge in [-0.2, -0.15) is 0 Å². The zero-order chi connectivity index (χ0) is 13.9. The average Bonchev–Trinajstić information content (AvgIpc) is 2.48. The van der Waals surface area contributed by atoms with Crippen LogP contribution >= 0.6 is 11.6 Å². The van der Waals surface area contributed by atoms with Crippen LogP contribution in [0.15, 0.2) is 36.7 Å². The number of nitrogen functional groups attached to an aromatic ring is 1. The van der Waals surface area contributed by atoms with Crippen molar-refractivity contribution < 1.29 is 4.74 Å². The van der Waals surface area contributed by atoms with Crippen LogP contribution in [0.1, 0.15) is 11.7 Å². The van der Waals surface area contributed by atoms with Gasteiger partial charge < -0.3 is 15.4 Å². The molecular weight excluding hydrogens is 276 g/mol. The number of nitrogens with two attached hydrogens (primary N) is 1. The predicted octanol–water partition coefficient (Wildman–Crippen LogP) is 2.29. The molecule has 1 aromatic carbocycles. The summed E-state index contributed by atoms with van der Waals surface area (Å²) in [5, 5.41) is 0.714. The highest BCUT2D eigenvalue weighted by Crippen LogP contribution is 2.30. The molecule has 2 N–H and O–H groups in total. The first kappa shape index (κ1) is 13.1. The number of aromatic nitrogens is 2. The molecule has 1 atom stereocenters. The van der Waals surface area contributed by atoms with Gasteiger partial charge in [0.2, 0.25) is 0 Å². The lowest BCUT2D eigenvalue weighted by atomic mass is 10.1. The summed E-state index contributed by atoms with van der Waals surface area (Å²) < 4.78 is 5.82. The minimum Gasteiger partial charge on any atom is -0.381 e. The van der Waals surface area contributed by atoms with Crippen LogP contribution in [-0.2, 0) is 4.74 Å². The van der Waals surface area contributed by atoms with Gasteiger partial charge in [-0.05, 0) is 6.07 Å². The zero-order valence-corrected chi connectivity index (χ0v) is 11.6. The molecule has 3 rings (SSSR count). The fourth-order valence-corrected chi connectivity index (χ4v) is 2.61. The summed E-state index contributed by atoms with van der Waals surface area (Å²) in [5.41, 5.74) is 6.87. The summed E-state index contributed by atoms with van der Waals surface area (Å²) in [6.07, 6.45) is 3.15. The van der Waals surface area contributed by atoms with E-state index in [4.69, 9.17) is 22.1 Å². The second-order valence-electron chi connectivity index (χ2n) is 4.59. The second-order valence-corrected chi connectivity index (χ2v) is 5.00. The van der Waals surface area contributed by atoms with Crippen LogP contribution in [0, 0.1) is 0 Å². The number of ether oxygens (including phenoxy) is 1. The molecule has 20 heavy (non-hydrogen) atoms. The van der Waals surface area contributed by atoms with Crippen LogP contribution in [0.25, 0.3) is 0 Å². The van der Waals surface area contributed by atoms with Gasteiger partial charge in [0.25, 0.3) is 0 Å². The number of nitrogens with zero attached hydrogens (tertiary/aromatic N) is 3. The monoisotopic (exact) mass is 290 g/mol. The number of rotatable bonds is 2. The third kappa shape index (κ3) is 2.55. The Morgan fingerprint density at radius 1 is 1.25 bits per heavy atom. The number of halogens is 1. The molecule has 0 unspecified atom stereocenters. The Hall–Kier alpha value is -1.85. The van der Waals surface area contributed by atoms with Crippen molar-refractivity contribution in [3.8, 4) is 0 Å². The Morgan fingerprint density at radius 2 is 2.05 bits per heavy atom. The van der Waals surface area contributed by atoms with Crippen LogP contribution < -0.4 is 10.6 Å². The van der Waals surface area contributed by atoms with E-state index in [0.717, 1.165) is 12.1 Å². The summed E-state index contributed by atoms with van der Waals surface area (Å²) in [6.45, 7) is 2.00. The van der Waals surface area contributed by atoms with Crippen LogP contribution in [0.5, 0.6) is 0 Å². The van der Waals surface area contributed by atoms with E-state index in [0.29, 0.717) is 29.8 Å². The van der Waals surface area contributed by atoms with E-state index in [1.165, 1.54) is 0 Å². The lowest BCUT2D eigenvalue weighted by Gasteiger charge is -2.34. The standard InChI is InChI=1S/C14H15ClN4O/c15-11-4-2-1-3-10(11)12-9-19(7-8-20-12)14-13(16)17-5-6-18-14/h1-6,12H,7-9H2,(H2,16,17)/t12-/m1/s1. The molecule has 5 nitrogen and oxygen atoms in total. The Morgan fingerprint density at radius 3 is 2.85 bits per heavy atom. The molecule has 104 valence electrons. The van der Waals surface area contributed by atoms with Crippen LogP contribution in [-0.4, -0.2) is 29.7 Å². The van der Waals surface area contributed by atoms with Crippen molar-refractivity contribution in [3.63, 3.8) is 0 Å². The summed E-state index contributed by atoms with van der Waals surface area (Å²) in [6, 6.07) is 7.72. The minimum absolute atomic E-state index is 0.0844. The molecule has 0 saturated carbocycles. The molecule has 1 aliphatic heterocycles. The van der Waals surface area contributed by atoms with E-state index >= 15 is 0 Å². The summed E-state index contributed by atoms with van der Waals surface area (Å²) in [7, 11) is 0. The van der Waals surface area contributed by atoms with Gasteiger partial charge in [0.1, 0.15) is 6.10 Å². The highest BCUT2D eigenvalue weighted by atomic mass is 35.5. The third-order valence-electron chi connectivity index (χ3n) is 3.32. The lowest BCUT2D eigenvalue weighted by Crippen LogP contribution is -2.39. The van der Waals surface area contributed by atoms with Gasteiger partial charge in [-0.3, -0.25) is 0 Å². The lowest BCUT2D eigenvalue weighted by molar-refractivity contribution is 0.0396. The highest BCUT2D eigenvalue weighted by Gasteiger charge is 2.25. The Bertz CT molecular complexity index is 556. The quantitative estimate of drug-likeness (QED) is 0.919. The molecule has 0 radical (unpaired) electrons. The van der Waals surface area contributed by atoms with Crippen molar-refractivity contribution in [1.82, 2.24) is 9.97 Å². The molecule has 1 saturated heterocycles. The number of hydrogen-bond acceptors (Lipinski definition) is 5. The molecule has 0 bridgehead atoms. The maximum atomic E-state index is 6.23. The largest absolute Gasteiger partial charge is 0.381 e. The number of benzene rings is 1. The Labute approximate surface area is 122 Å². The van der Waals surface area contributed by atoms with Gasteiger partial charge in [0.15, 0.2) is 11.6 Å². The van der Waals surface area contributed by atoms with Crippen molar-refractivity contribution >= 4 is 23.2 Å². The Balaban J connectivity index is 1.84. The first-order valence-electron chi connectivity index (χ1n) is 6.43. The first-order valence-corrected chi connectivity index (χ1v) is 6.81. The summed E-state index contributed by atoms with van der Waals surface area (Å²) in [5.74, 6) is 1.14. The molecule has 0 spiro atoms. The summed E-state index contributed by atoms with van der Waals surface area (Å²) in [4.78, 5) is 10.5. The average molecular weight is 291 g/mol. The van der Waals surface area contributed by atoms with Crippen molar-refractivity contribution in [2.24, 2.45) is 0 Å². The van der Waals surface area contributed by atoms with Crippen LogP contribution in [0.4, 0.5) is 11.6 Å². The third-order valence-corrected chi connectivity index (χ3v) is 3.67. The van der Waals surface area contributed by atoms with E-state index in [2.05, 4.69) is 14.9 Å². The Kier molecular flexibility index (Phi) is 3.71. The normalized spacial score (nSPS) is 19.1. The van der Waals surface area contributed by atoms with Crippen molar-refractivity contribution in [2.45, 2.75) is 6.10 Å². The van der Waals surface area contributed by atoms with Gasteiger partial charge in [-0.15, -0.1) is 0 Å².